The summed E-state index contributed by atoms with van der Waals surface area (Å²) < 4.78 is 11.1. The van der Waals surface area contributed by atoms with Crippen LogP contribution >= 0.6 is 11.6 Å². The first-order chi connectivity index (χ1) is 15.6. The van der Waals surface area contributed by atoms with Gasteiger partial charge in [0, 0.05) is 43.6 Å². The van der Waals surface area contributed by atoms with Crippen molar-refractivity contribution in [3.05, 3.63) is 35.6 Å². The van der Waals surface area contributed by atoms with Crippen molar-refractivity contribution in [2.75, 3.05) is 36.5 Å². The van der Waals surface area contributed by atoms with E-state index in [2.05, 4.69) is 15.2 Å². The lowest BCUT2D eigenvalue weighted by molar-refractivity contribution is -0.120. The number of carbonyl (C=O) groups excluding carboxylic acids is 2. The lowest BCUT2D eigenvalue weighted by Gasteiger charge is -2.36. The molecular formula is C24H29ClN4O4. The van der Waals surface area contributed by atoms with E-state index in [4.69, 9.17) is 21.1 Å². The molecule has 1 saturated heterocycles. The minimum atomic E-state index is -0.544. The first-order valence-electron chi connectivity index (χ1n) is 11.0. The number of halogens is 1. The number of alkyl carbamates (subject to hydrolysis) is 1. The van der Waals surface area contributed by atoms with Gasteiger partial charge < -0.3 is 24.6 Å². The van der Waals surface area contributed by atoms with Crippen LogP contribution in [0.15, 0.2) is 30.5 Å². The fourth-order valence-electron chi connectivity index (χ4n) is 4.14. The molecule has 8 nitrogen and oxygen atoms in total. The molecule has 0 aliphatic carbocycles. The SMILES string of the molecule is CN1C(=O)COc2cc(-c3cnc(Cl)cc3N3CCC[C@H](NC(=O)OC(C)(C)C)C3)ccc21. The first kappa shape index (κ1) is 23.2. The molecule has 0 radical (unpaired) electrons. The normalized spacial score (nSPS) is 18.5. The van der Waals surface area contributed by atoms with Crippen LogP contribution in [0.4, 0.5) is 16.2 Å². The summed E-state index contributed by atoms with van der Waals surface area (Å²) in [4.78, 5) is 32.3. The molecule has 2 amide bonds. The van der Waals surface area contributed by atoms with Crippen LogP contribution in [0.5, 0.6) is 5.75 Å². The maximum Gasteiger partial charge on any atom is 0.407 e. The molecule has 3 heterocycles. The lowest BCUT2D eigenvalue weighted by atomic mass is 10.0. The number of benzene rings is 1. The van der Waals surface area contributed by atoms with Crippen LogP contribution in [0.2, 0.25) is 5.15 Å². The second-order valence-corrected chi connectivity index (χ2v) is 9.77. The van der Waals surface area contributed by atoms with E-state index in [9.17, 15) is 9.59 Å². The van der Waals surface area contributed by atoms with Gasteiger partial charge in [0.25, 0.3) is 5.91 Å². The smallest absolute Gasteiger partial charge is 0.407 e. The van der Waals surface area contributed by atoms with Gasteiger partial charge in [0.05, 0.1) is 5.69 Å². The molecule has 2 aliphatic rings. The number of ether oxygens (including phenoxy) is 2. The Kier molecular flexibility index (Phi) is 6.38. The molecule has 9 heteroatoms. The monoisotopic (exact) mass is 472 g/mol. The molecule has 0 saturated carbocycles. The molecule has 1 atom stereocenters. The molecule has 1 aromatic heterocycles. The number of hydrogen-bond donors (Lipinski definition) is 1. The van der Waals surface area contributed by atoms with Crippen LogP contribution in [0.3, 0.4) is 0 Å². The number of nitrogens with zero attached hydrogens (tertiary/aromatic N) is 3. The van der Waals surface area contributed by atoms with Crippen molar-refractivity contribution in [2.24, 2.45) is 0 Å². The largest absolute Gasteiger partial charge is 0.482 e. The maximum absolute atomic E-state index is 12.3. The summed E-state index contributed by atoms with van der Waals surface area (Å²) in [6.45, 7) is 7.02. The molecule has 2 aliphatic heterocycles. The first-order valence-corrected chi connectivity index (χ1v) is 11.4. The Balaban J connectivity index is 1.59. The molecule has 33 heavy (non-hydrogen) atoms. The minimum absolute atomic E-state index is 0.0167. The van der Waals surface area contributed by atoms with E-state index in [1.165, 1.54) is 0 Å². The van der Waals surface area contributed by atoms with Crippen molar-refractivity contribution >= 4 is 35.0 Å². The van der Waals surface area contributed by atoms with Crippen LogP contribution in [0.25, 0.3) is 11.1 Å². The van der Waals surface area contributed by atoms with Gasteiger partial charge >= 0.3 is 6.09 Å². The van der Waals surface area contributed by atoms with Gasteiger partial charge in [-0.05, 0) is 57.4 Å². The number of carbonyl (C=O) groups is 2. The average Bonchev–Trinajstić information content (AvgIpc) is 2.75. The number of nitrogens with one attached hydrogen (secondary N) is 1. The van der Waals surface area contributed by atoms with Gasteiger partial charge in [0.1, 0.15) is 16.5 Å². The van der Waals surface area contributed by atoms with E-state index in [1.807, 2.05) is 45.0 Å². The predicted molar refractivity (Wildman–Crippen MR) is 128 cm³/mol. The zero-order valence-corrected chi connectivity index (χ0v) is 20.1. The number of fused-ring (bicyclic) bond motifs is 1. The van der Waals surface area contributed by atoms with Crippen LogP contribution in [-0.4, -0.2) is 55.4 Å². The van der Waals surface area contributed by atoms with Gasteiger partial charge in [0.15, 0.2) is 6.61 Å². The van der Waals surface area contributed by atoms with E-state index < -0.39 is 11.7 Å². The minimum Gasteiger partial charge on any atom is -0.482 e. The van der Waals surface area contributed by atoms with Crippen LogP contribution < -0.4 is 19.9 Å². The number of rotatable bonds is 3. The Morgan fingerprint density at radius 3 is 2.82 bits per heavy atom. The number of aromatic nitrogens is 1. The molecule has 1 fully saturated rings. The van der Waals surface area contributed by atoms with Gasteiger partial charge in [-0.2, -0.15) is 0 Å². The number of piperidine rings is 1. The Hall–Kier alpha value is -3.00. The van der Waals surface area contributed by atoms with Crippen molar-refractivity contribution in [1.82, 2.24) is 10.3 Å². The summed E-state index contributed by atoms with van der Waals surface area (Å²) in [5.41, 5.74) is 2.95. The van der Waals surface area contributed by atoms with Gasteiger partial charge in [-0.15, -0.1) is 0 Å². The highest BCUT2D eigenvalue weighted by molar-refractivity contribution is 6.29. The fraction of sp³-hybridized carbons (Fsp3) is 0.458. The molecule has 0 bridgehead atoms. The van der Waals surface area contributed by atoms with Crippen molar-refractivity contribution < 1.29 is 19.1 Å². The third kappa shape index (κ3) is 5.33. The number of anilines is 2. The Labute approximate surface area is 198 Å². The van der Waals surface area contributed by atoms with Crippen molar-refractivity contribution in [2.45, 2.75) is 45.3 Å². The van der Waals surface area contributed by atoms with E-state index in [0.717, 1.165) is 41.9 Å². The topological polar surface area (TPSA) is 84.0 Å². The van der Waals surface area contributed by atoms with Gasteiger partial charge in [-0.25, -0.2) is 9.78 Å². The number of hydrogen-bond acceptors (Lipinski definition) is 6. The number of amides is 2. The summed E-state index contributed by atoms with van der Waals surface area (Å²) >= 11 is 6.27. The molecular weight excluding hydrogens is 444 g/mol. The highest BCUT2D eigenvalue weighted by atomic mass is 35.5. The van der Waals surface area contributed by atoms with Crippen molar-refractivity contribution in [3.8, 4) is 16.9 Å². The number of pyridine rings is 1. The standard InChI is InChI=1S/C24H29ClN4O4/c1-24(2,3)33-23(31)27-16-6-5-9-29(13-16)19-11-21(25)26-12-17(19)15-7-8-18-20(10-15)32-14-22(30)28(18)4/h7-8,10-12,16H,5-6,9,13-14H2,1-4H3,(H,27,31)/t16-/m0/s1. The average molecular weight is 473 g/mol. The quantitative estimate of drug-likeness (QED) is 0.672. The van der Waals surface area contributed by atoms with Gasteiger partial charge in [0.2, 0.25) is 0 Å². The molecule has 4 rings (SSSR count). The molecule has 0 unspecified atom stereocenters. The van der Waals surface area contributed by atoms with E-state index in [1.54, 1.807) is 18.1 Å². The van der Waals surface area contributed by atoms with Crippen molar-refractivity contribution in [3.63, 3.8) is 0 Å². The summed E-state index contributed by atoms with van der Waals surface area (Å²) in [5, 5.41) is 3.39. The third-order valence-corrected chi connectivity index (χ3v) is 5.90. The Morgan fingerprint density at radius 2 is 2.06 bits per heavy atom. The second-order valence-electron chi connectivity index (χ2n) is 9.38. The highest BCUT2D eigenvalue weighted by Crippen LogP contribution is 2.39. The molecule has 2 aromatic rings. The fourth-order valence-corrected chi connectivity index (χ4v) is 4.29. The van der Waals surface area contributed by atoms with Crippen LogP contribution in [0.1, 0.15) is 33.6 Å². The predicted octanol–water partition coefficient (Wildman–Crippen LogP) is 4.25. The number of likely N-dealkylation sites (N-methyl/N-ethyl adjacent to an activating group) is 1. The van der Waals surface area contributed by atoms with Gasteiger partial charge in [-0.1, -0.05) is 17.7 Å². The van der Waals surface area contributed by atoms with Gasteiger partial charge in [-0.3, -0.25) is 4.79 Å². The zero-order chi connectivity index (χ0) is 23.8. The lowest BCUT2D eigenvalue weighted by Crippen LogP contribution is -2.49. The summed E-state index contributed by atoms with van der Waals surface area (Å²) in [7, 11) is 1.74. The summed E-state index contributed by atoms with van der Waals surface area (Å²) in [5.74, 6) is 0.569. The molecule has 1 N–H and O–H groups in total. The van der Waals surface area contributed by atoms with Crippen LogP contribution in [-0.2, 0) is 9.53 Å². The Bertz CT molecular complexity index is 1070. The molecule has 0 spiro atoms. The Morgan fingerprint density at radius 1 is 1.27 bits per heavy atom. The molecule has 176 valence electrons. The highest BCUT2D eigenvalue weighted by Gasteiger charge is 2.27. The summed E-state index contributed by atoms with van der Waals surface area (Å²) in [6, 6.07) is 7.56. The maximum atomic E-state index is 12.3. The second kappa shape index (κ2) is 9.09. The zero-order valence-electron chi connectivity index (χ0n) is 19.4. The summed E-state index contributed by atoms with van der Waals surface area (Å²) in [6.07, 6.45) is 3.13. The molecule has 1 aromatic carbocycles. The van der Waals surface area contributed by atoms with E-state index in [0.29, 0.717) is 17.4 Å². The van der Waals surface area contributed by atoms with Crippen LogP contribution in [0, 0.1) is 0 Å². The third-order valence-electron chi connectivity index (χ3n) is 5.69. The van der Waals surface area contributed by atoms with E-state index in [-0.39, 0.29) is 18.6 Å². The van der Waals surface area contributed by atoms with Crippen molar-refractivity contribution in [1.29, 1.82) is 0 Å². The van der Waals surface area contributed by atoms with E-state index >= 15 is 0 Å².